The van der Waals surface area contributed by atoms with Gasteiger partial charge < -0.3 is 10.6 Å². The molecule has 0 unspecified atom stereocenters. The molecule has 1 aromatic rings. The van der Waals surface area contributed by atoms with Gasteiger partial charge in [0.25, 0.3) is 0 Å². The minimum Gasteiger partial charge on any atom is -0.357 e. The van der Waals surface area contributed by atoms with E-state index in [1.165, 1.54) is 16.4 Å². The van der Waals surface area contributed by atoms with Gasteiger partial charge in [-0.2, -0.15) is 0 Å². The van der Waals surface area contributed by atoms with Gasteiger partial charge in [0.2, 0.25) is 10.0 Å². The predicted molar refractivity (Wildman–Crippen MR) is 111 cm³/mol. The smallest absolute Gasteiger partial charge is 0.213 e. The summed E-state index contributed by atoms with van der Waals surface area (Å²) in [5, 5.41) is 6.26. The van der Waals surface area contributed by atoms with E-state index in [0.29, 0.717) is 38.6 Å². The molecule has 0 aromatic heterocycles. The largest absolute Gasteiger partial charge is 0.357 e. The van der Waals surface area contributed by atoms with Crippen LogP contribution in [0.5, 0.6) is 0 Å². The van der Waals surface area contributed by atoms with Gasteiger partial charge in [-0.1, -0.05) is 12.1 Å². The molecule has 0 radical (unpaired) electrons. The van der Waals surface area contributed by atoms with Gasteiger partial charge in [0.1, 0.15) is 5.82 Å². The Morgan fingerprint density at radius 2 is 2.00 bits per heavy atom. The summed E-state index contributed by atoms with van der Waals surface area (Å²) < 4.78 is 37.8. The molecule has 0 aliphatic carbocycles. The minimum atomic E-state index is -3.14. The van der Waals surface area contributed by atoms with Crippen LogP contribution in [0.3, 0.4) is 0 Å². The molecule has 25 heavy (non-hydrogen) atoms. The van der Waals surface area contributed by atoms with E-state index in [1.807, 2.05) is 13.0 Å². The van der Waals surface area contributed by atoms with Crippen LogP contribution in [0.2, 0.25) is 0 Å². The zero-order chi connectivity index (χ0) is 18.0. The first-order chi connectivity index (χ1) is 11.4. The normalized spacial score (nSPS) is 12.0. The van der Waals surface area contributed by atoms with Crippen molar-refractivity contribution in [2.75, 3.05) is 32.4 Å². The molecule has 0 saturated heterocycles. The molecule has 0 saturated carbocycles. The predicted octanol–water partition coefficient (Wildman–Crippen LogP) is 2.17. The van der Waals surface area contributed by atoms with E-state index < -0.39 is 10.0 Å². The molecule has 0 aliphatic heterocycles. The maximum atomic E-state index is 13.2. The molecule has 1 aromatic carbocycles. The maximum Gasteiger partial charge on any atom is 0.213 e. The Hall–Kier alpha value is -0.940. The molecule has 6 nitrogen and oxygen atoms in total. The maximum absolute atomic E-state index is 13.2. The zero-order valence-corrected chi connectivity index (χ0v) is 18.1. The van der Waals surface area contributed by atoms with Crippen molar-refractivity contribution in [1.29, 1.82) is 0 Å². The first-order valence-corrected chi connectivity index (χ1v) is 9.70. The number of guanidine groups is 1. The first kappa shape index (κ1) is 24.1. The van der Waals surface area contributed by atoms with E-state index in [4.69, 9.17) is 0 Å². The summed E-state index contributed by atoms with van der Waals surface area (Å²) in [6, 6.07) is 6.33. The molecule has 0 spiro atoms. The van der Waals surface area contributed by atoms with Crippen LogP contribution >= 0.6 is 24.0 Å². The second kappa shape index (κ2) is 12.4. The highest BCUT2D eigenvalue weighted by atomic mass is 127. The van der Waals surface area contributed by atoms with Crippen molar-refractivity contribution in [3.63, 3.8) is 0 Å². The summed E-state index contributed by atoms with van der Waals surface area (Å²) in [6.07, 6.45) is 0.667. The van der Waals surface area contributed by atoms with Crippen molar-refractivity contribution in [1.82, 2.24) is 14.9 Å². The van der Waals surface area contributed by atoms with E-state index in [-0.39, 0.29) is 35.5 Å². The Morgan fingerprint density at radius 1 is 1.28 bits per heavy atom. The quantitative estimate of drug-likeness (QED) is 0.243. The molecule has 1 rings (SSSR count). The van der Waals surface area contributed by atoms with Crippen molar-refractivity contribution in [2.24, 2.45) is 4.99 Å². The standard InChI is InChI=1S/C16H27FN4O2S.HI/c1-4-18-16(20-13-14-8-6-9-15(17)12-14)19-10-7-11-21(3)24(22,23)5-2;/h6,8-9,12H,4-5,7,10-11,13H2,1-3H3,(H2,18,19,20);1H. The topological polar surface area (TPSA) is 73.8 Å². The molecule has 144 valence electrons. The third-order valence-corrected chi connectivity index (χ3v) is 5.30. The van der Waals surface area contributed by atoms with Crippen LogP contribution in [0.4, 0.5) is 4.39 Å². The van der Waals surface area contributed by atoms with Crippen LogP contribution in [0.15, 0.2) is 29.3 Å². The Bertz CT molecular complexity index is 641. The van der Waals surface area contributed by atoms with Gasteiger partial charge >= 0.3 is 0 Å². The molecule has 0 aliphatic rings. The van der Waals surface area contributed by atoms with E-state index in [1.54, 1.807) is 20.0 Å². The molecule has 0 atom stereocenters. The third kappa shape index (κ3) is 9.36. The Balaban J connectivity index is 0.00000576. The number of aliphatic imine (C=N–C) groups is 1. The fourth-order valence-corrected chi connectivity index (χ4v) is 2.86. The van der Waals surface area contributed by atoms with Crippen molar-refractivity contribution in [2.45, 2.75) is 26.8 Å². The molecule has 9 heteroatoms. The van der Waals surface area contributed by atoms with Crippen LogP contribution in [0, 0.1) is 5.82 Å². The summed E-state index contributed by atoms with van der Waals surface area (Å²) in [6.45, 7) is 5.72. The molecule has 2 N–H and O–H groups in total. The van der Waals surface area contributed by atoms with E-state index in [0.717, 1.165) is 5.56 Å². The van der Waals surface area contributed by atoms with Gasteiger partial charge in [-0.3, -0.25) is 0 Å². The van der Waals surface area contributed by atoms with Crippen LogP contribution in [0.25, 0.3) is 0 Å². The lowest BCUT2D eigenvalue weighted by Gasteiger charge is -2.16. The second-order valence-corrected chi connectivity index (χ2v) is 7.69. The fraction of sp³-hybridized carbons (Fsp3) is 0.562. The number of hydrogen-bond acceptors (Lipinski definition) is 3. The van der Waals surface area contributed by atoms with Gasteiger partial charge in [0, 0.05) is 26.7 Å². The number of halogens is 2. The highest BCUT2D eigenvalue weighted by molar-refractivity contribution is 14.0. The first-order valence-electron chi connectivity index (χ1n) is 8.09. The van der Waals surface area contributed by atoms with Gasteiger partial charge in [0.15, 0.2) is 5.96 Å². The average Bonchev–Trinajstić information content (AvgIpc) is 2.56. The fourth-order valence-electron chi connectivity index (χ4n) is 2.02. The third-order valence-electron chi connectivity index (χ3n) is 3.43. The van der Waals surface area contributed by atoms with Crippen LogP contribution in [-0.4, -0.2) is 51.1 Å². The van der Waals surface area contributed by atoms with Gasteiger partial charge in [0.05, 0.1) is 12.3 Å². The van der Waals surface area contributed by atoms with Gasteiger partial charge in [-0.05, 0) is 38.0 Å². The highest BCUT2D eigenvalue weighted by Gasteiger charge is 2.13. The lowest BCUT2D eigenvalue weighted by atomic mass is 10.2. The summed E-state index contributed by atoms with van der Waals surface area (Å²) in [4.78, 5) is 4.40. The molecular formula is C16H28FIN4O2S. The van der Waals surface area contributed by atoms with Gasteiger partial charge in [-0.15, -0.1) is 24.0 Å². The van der Waals surface area contributed by atoms with Crippen molar-refractivity contribution in [3.8, 4) is 0 Å². The zero-order valence-electron chi connectivity index (χ0n) is 15.0. The Kier molecular flexibility index (Phi) is 12.0. The lowest BCUT2D eigenvalue weighted by molar-refractivity contribution is 0.461. The number of hydrogen-bond donors (Lipinski definition) is 2. The van der Waals surface area contributed by atoms with Crippen molar-refractivity contribution < 1.29 is 12.8 Å². The Labute approximate surface area is 167 Å². The van der Waals surface area contributed by atoms with E-state index in [9.17, 15) is 12.8 Å². The highest BCUT2D eigenvalue weighted by Crippen LogP contribution is 2.04. The summed E-state index contributed by atoms with van der Waals surface area (Å²) >= 11 is 0. The van der Waals surface area contributed by atoms with Crippen molar-refractivity contribution >= 4 is 40.0 Å². The number of benzene rings is 1. The van der Waals surface area contributed by atoms with Crippen molar-refractivity contribution in [3.05, 3.63) is 35.6 Å². The lowest BCUT2D eigenvalue weighted by Crippen LogP contribution is -2.39. The van der Waals surface area contributed by atoms with Crippen LogP contribution in [0.1, 0.15) is 25.8 Å². The summed E-state index contributed by atoms with van der Waals surface area (Å²) in [5.74, 6) is 0.456. The number of rotatable bonds is 9. The average molecular weight is 486 g/mol. The van der Waals surface area contributed by atoms with E-state index >= 15 is 0 Å². The molecule has 0 amide bonds. The van der Waals surface area contributed by atoms with Crippen LogP contribution < -0.4 is 10.6 Å². The molecule has 0 heterocycles. The minimum absolute atomic E-state index is 0. The number of nitrogens with zero attached hydrogens (tertiary/aromatic N) is 2. The molecule has 0 bridgehead atoms. The summed E-state index contributed by atoms with van der Waals surface area (Å²) in [7, 11) is -1.55. The van der Waals surface area contributed by atoms with Crippen LogP contribution in [-0.2, 0) is 16.6 Å². The Morgan fingerprint density at radius 3 is 2.60 bits per heavy atom. The molecule has 0 fully saturated rings. The van der Waals surface area contributed by atoms with Gasteiger partial charge in [-0.25, -0.2) is 22.1 Å². The monoisotopic (exact) mass is 486 g/mol. The SMILES string of the molecule is CCNC(=NCc1cccc(F)c1)NCCCN(C)S(=O)(=O)CC.I. The molecular weight excluding hydrogens is 458 g/mol. The second-order valence-electron chi connectivity index (χ2n) is 5.33. The van der Waals surface area contributed by atoms with E-state index in [2.05, 4.69) is 15.6 Å². The summed E-state index contributed by atoms with van der Waals surface area (Å²) in [5.41, 5.74) is 0.793. The number of nitrogens with one attached hydrogen (secondary N) is 2. The number of sulfonamides is 1.